The molecule has 1 heterocycles. The third kappa shape index (κ3) is 3.34. The highest BCUT2D eigenvalue weighted by Crippen LogP contribution is 2.23. The summed E-state index contributed by atoms with van der Waals surface area (Å²) in [6, 6.07) is 6.03. The fourth-order valence-corrected chi connectivity index (χ4v) is 3.20. The van der Waals surface area contributed by atoms with Crippen LogP contribution in [0.25, 0.3) is 0 Å². The Hall–Kier alpha value is -0.380. The number of hydrogen-bond acceptors (Lipinski definition) is 2. The Labute approximate surface area is 121 Å². The zero-order valence-corrected chi connectivity index (χ0v) is 12.8. The van der Waals surface area contributed by atoms with Gasteiger partial charge in [0, 0.05) is 29.0 Å². The number of carbonyl (C=O) groups is 1. The molecule has 1 aliphatic rings. The van der Waals surface area contributed by atoms with Gasteiger partial charge in [-0.1, -0.05) is 27.5 Å². The molecule has 0 aliphatic carbocycles. The van der Waals surface area contributed by atoms with Crippen molar-refractivity contribution in [1.29, 1.82) is 0 Å². The van der Waals surface area contributed by atoms with E-state index in [9.17, 15) is 4.79 Å². The van der Waals surface area contributed by atoms with Gasteiger partial charge >= 0.3 is 0 Å². The molecule has 0 aromatic heterocycles. The Morgan fingerprint density at radius 1 is 1.56 bits per heavy atom. The van der Waals surface area contributed by atoms with Crippen LogP contribution in [-0.2, 0) is 0 Å². The molecule has 0 spiro atoms. The minimum Gasteiger partial charge on any atom is -0.300 e. The molecule has 1 atom stereocenters. The molecule has 18 heavy (non-hydrogen) atoms. The van der Waals surface area contributed by atoms with Crippen LogP contribution in [0.1, 0.15) is 36.5 Å². The Kier molecular flexibility index (Phi) is 4.82. The lowest BCUT2D eigenvalue weighted by atomic mass is 10.1. The molecular formula is C14H17BrClNO. The monoisotopic (exact) mass is 329 g/mol. The first-order valence-corrected chi connectivity index (χ1v) is 7.47. The van der Waals surface area contributed by atoms with Crippen LogP contribution >= 0.6 is 27.5 Å². The highest BCUT2D eigenvalue weighted by Gasteiger charge is 2.21. The van der Waals surface area contributed by atoms with Gasteiger partial charge in [0.2, 0.25) is 0 Å². The molecule has 1 saturated heterocycles. The summed E-state index contributed by atoms with van der Waals surface area (Å²) in [5.41, 5.74) is 0.631. The lowest BCUT2D eigenvalue weighted by Crippen LogP contribution is -2.29. The molecule has 1 aromatic rings. The molecule has 4 heteroatoms. The lowest BCUT2D eigenvalue weighted by Gasteiger charge is -2.20. The number of hydrogen-bond donors (Lipinski definition) is 0. The highest BCUT2D eigenvalue weighted by atomic mass is 79.9. The van der Waals surface area contributed by atoms with Crippen molar-refractivity contribution in [2.75, 3.05) is 13.1 Å². The first-order chi connectivity index (χ1) is 8.58. The van der Waals surface area contributed by atoms with Crippen molar-refractivity contribution in [2.24, 2.45) is 0 Å². The maximum absolute atomic E-state index is 12.1. The Morgan fingerprint density at radius 2 is 2.33 bits per heavy atom. The molecule has 2 nitrogen and oxygen atoms in total. The van der Waals surface area contributed by atoms with Crippen LogP contribution < -0.4 is 0 Å². The average molecular weight is 331 g/mol. The van der Waals surface area contributed by atoms with Gasteiger partial charge in [0.1, 0.15) is 0 Å². The second kappa shape index (κ2) is 6.18. The summed E-state index contributed by atoms with van der Waals surface area (Å²) in [5.74, 6) is 0.131. The van der Waals surface area contributed by atoms with Gasteiger partial charge in [-0.25, -0.2) is 0 Å². The van der Waals surface area contributed by atoms with Crippen LogP contribution in [0.2, 0.25) is 5.02 Å². The highest BCUT2D eigenvalue weighted by molar-refractivity contribution is 9.10. The van der Waals surface area contributed by atoms with E-state index >= 15 is 0 Å². The van der Waals surface area contributed by atoms with Crippen molar-refractivity contribution in [1.82, 2.24) is 4.90 Å². The molecule has 1 aromatic carbocycles. The van der Waals surface area contributed by atoms with E-state index in [1.807, 2.05) is 6.07 Å². The number of Topliss-reactive ketones (excluding diaryl/α,β-unsaturated/α-hetero) is 1. The van der Waals surface area contributed by atoms with Gasteiger partial charge in [0.15, 0.2) is 5.78 Å². The molecule has 1 unspecified atom stereocenters. The van der Waals surface area contributed by atoms with Crippen molar-refractivity contribution < 1.29 is 4.79 Å². The van der Waals surface area contributed by atoms with Crippen LogP contribution in [0.3, 0.4) is 0 Å². The SMILES string of the molecule is CC1CCCN1CCC(=O)c1ccc(Br)cc1Cl. The number of benzene rings is 1. The second-order valence-electron chi connectivity index (χ2n) is 4.82. The maximum Gasteiger partial charge on any atom is 0.165 e. The standard InChI is InChI=1S/C14H17BrClNO/c1-10-3-2-7-17(10)8-6-14(18)12-5-4-11(15)9-13(12)16/h4-5,9-10H,2-3,6-8H2,1H3. The van der Waals surface area contributed by atoms with Gasteiger partial charge in [-0.05, 0) is 44.5 Å². The van der Waals surface area contributed by atoms with E-state index in [1.165, 1.54) is 12.8 Å². The third-order valence-electron chi connectivity index (χ3n) is 3.55. The van der Waals surface area contributed by atoms with Crippen molar-refractivity contribution in [2.45, 2.75) is 32.2 Å². The van der Waals surface area contributed by atoms with E-state index in [-0.39, 0.29) is 5.78 Å². The predicted octanol–water partition coefficient (Wildman–Crippen LogP) is 4.16. The number of ketones is 1. The zero-order chi connectivity index (χ0) is 13.1. The number of rotatable bonds is 4. The van der Waals surface area contributed by atoms with Gasteiger partial charge in [0.05, 0.1) is 5.02 Å². The van der Waals surface area contributed by atoms with Gasteiger partial charge in [0.25, 0.3) is 0 Å². The Balaban J connectivity index is 1.95. The topological polar surface area (TPSA) is 20.3 Å². The molecule has 0 N–H and O–H groups in total. The minimum atomic E-state index is 0.131. The largest absolute Gasteiger partial charge is 0.300 e. The molecule has 0 bridgehead atoms. The smallest absolute Gasteiger partial charge is 0.165 e. The zero-order valence-electron chi connectivity index (χ0n) is 10.5. The van der Waals surface area contributed by atoms with Crippen LogP contribution in [0.15, 0.2) is 22.7 Å². The van der Waals surface area contributed by atoms with E-state index in [4.69, 9.17) is 11.6 Å². The van der Waals surface area contributed by atoms with E-state index in [0.29, 0.717) is 23.0 Å². The summed E-state index contributed by atoms with van der Waals surface area (Å²) >= 11 is 9.43. The van der Waals surface area contributed by atoms with E-state index in [1.54, 1.807) is 12.1 Å². The van der Waals surface area contributed by atoms with Gasteiger partial charge < -0.3 is 4.90 Å². The van der Waals surface area contributed by atoms with Gasteiger partial charge in [-0.2, -0.15) is 0 Å². The molecular weight excluding hydrogens is 314 g/mol. The first-order valence-electron chi connectivity index (χ1n) is 6.30. The number of halogens is 2. The number of carbonyl (C=O) groups excluding carboxylic acids is 1. The van der Waals surface area contributed by atoms with Crippen LogP contribution in [0.4, 0.5) is 0 Å². The normalized spacial score (nSPS) is 20.3. The van der Waals surface area contributed by atoms with Crippen molar-refractivity contribution >= 4 is 33.3 Å². The van der Waals surface area contributed by atoms with E-state index in [0.717, 1.165) is 17.6 Å². The second-order valence-corrected chi connectivity index (χ2v) is 6.15. The fraction of sp³-hybridized carbons (Fsp3) is 0.500. The predicted molar refractivity (Wildman–Crippen MR) is 78.4 cm³/mol. The number of likely N-dealkylation sites (tertiary alicyclic amines) is 1. The molecule has 2 rings (SSSR count). The van der Waals surface area contributed by atoms with Crippen molar-refractivity contribution in [3.05, 3.63) is 33.3 Å². The van der Waals surface area contributed by atoms with Crippen molar-refractivity contribution in [3.8, 4) is 0 Å². The molecule has 1 fully saturated rings. The van der Waals surface area contributed by atoms with Gasteiger partial charge in [-0.15, -0.1) is 0 Å². The van der Waals surface area contributed by atoms with E-state index in [2.05, 4.69) is 27.8 Å². The third-order valence-corrected chi connectivity index (χ3v) is 4.35. The fourth-order valence-electron chi connectivity index (χ4n) is 2.42. The molecule has 1 aliphatic heterocycles. The summed E-state index contributed by atoms with van der Waals surface area (Å²) in [6.07, 6.45) is 3.04. The molecule has 0 saturated carbocycles. The van der Waals surface area contributed by atoms with Crippen LogP contribution in [-0.4, -0.2) is 29.8 Å². The summed E-state index contributed by atoms with van der Waals surface area (Å²) in [4.78, 5) is 14.5. The van der Waals surface area contributed by atoms with Gasteiger partial charge in [-0.3, -0.25) is 4.79 Å². The minimum absolute atomic E-state index is 0.131. The van der Waals surface area contributed by atoms with Crippen LogP contribution in [0.5, 0.6) is 0 Å². The summed E-state index contributed by atoms with van der Waals surface area (Å²) in [6.45, 7) is 4.18. The summed E-state index contributed by atoms with van der Waals surface area (Å²) < 4.78 is 0.900. The summed E-state index contributed by atoms with van der Waals surface area (Å²) in [7, 11) is 0. The quantitative estimate of drug-likeness (QED) is 0.773. The first kappa shape index (κ1) is 14.0. The van der Waals surface area contributed by atoms with E-state index < -0.39 is 0 Å². The average Bonchev–Trinajstić information content (AvgIpc) is 2.72. The molecule has 0 radical (unpaired) electrons. The molecule has 98 valence electrons. The number of nitrogens with zero attached hydrogens (tertiary/aromatic N) is 1. The Bertz CT molecular complexity index is 449. The maximum atomic E-state index is 12.1. The summed E-state index contributed by atoms with van der Waals surface area (Å²) in [5, 5.41) is 0.531. The molecule has 0 amide bonds. The van der Waals surface area contributed by atoms with Crippen LogP contribution in [0, 0.1) is 0 Å². The van der Waals surface area contributed by atoms with Crippen molar-refractivity contribution in [3.63, 3.8) is 0 Å². The lowest BCUT2D eigenvalue weighted by molar-refractivity contribution is 0.0963. The Morgan fingerprint density at radius 3 is 2.94 bits per heavy atom.